The van der Waals surface area contributed by atoms with Crippen LogP contribution in [-0.2, 0) is 14.8 Å². The fourth-order valence-corrected chi connectivity index (χ4v) is 4.18. The molecule has 0 heterocycles. The molecule has 2 rings (SSSR count). The Labute approximate surface area is 161 Å². The van der Waals surface area contributed by atoms with Gasteiger partial charge in [0.1, 0.15) is 0 Å². The van der Waals surface area contributed by atoms with Crippen LogP contribution in [0.15, 0.2) is 65.6 Å². The highest BCUT2D eigenvalue weighted by Gasteiger charge is 2.21. The standard InChI is InChI=1S/C21H26N2O3S/c1-4-23(5-2)27(25,26)20-14-12-19(13-15-20)17(3)22-21(24)16-11-18-9-7-6-8-10-18/h6-17H,4-5H2,1-3H3,(H,22,24)/b16-11+. The van der Waals surface area contributed by atoms with Gasteiger partial charge < -0.3 is 5.32 Å². The zero-order valence-corrected chi connectivity index (χ0v) is 16.7. The lowest BCUT2D eigenvalue weighted by atomic mass is 10.1. The molecule has 0 radical (unpaired) electrons. The van der Waals surface area contributed by atoms with Crippen molar-refractivity contribution in [3.8, 4) is 0 Å². The van der Waals surface area contributed by atoms with Crippen LogP contribution in [0.4, 0.5) is 0 Å². The maximum atomic E-state index is 12.5. The van der Waals surface area contributed by atoms with Gasteiger partial charge in [-0.25, -0.2) is 8.42 Å². The number of nitrogens with one attached hydrogen (secondary N) is 1. The molecule has 2 aromatic carbocycles. The molecule has 1 amide bonds. The van der Waals surface area contributed by atoms with Crippen LogP contribution in [0, 0.1) is 0 Å². The number of benzene rings is 2. The van der Waals surface area contributed by atoms with E-state index in [2.05, 4.69) is 5.32 Å². The zero-order chi connectivity index (χ0) is 19.9. The summed E-state index contributed by atoms with van der Waals surface area (Å²) < 4.78 is 26.5. The Bertz CT molecular complexity index is 871. The second kappa shape index (κ2) is 9.48. The Morgan fingerprint density at radius 2 is 1.63 bits per heavy atom. The summed E-state index contributed by atoms with van der Waals surface area (Å²) in [5.74, 6) is -0.203. The van der Waals surface area contributed by atoms with Gasteiger partial charge >= 0.3 is 0 Å². The number of hydrogen-bond acceptors (Lipinski definition) is 3. The lowest BCUT2D eigenvalue weighted by Crippen LogP contribution is -2.30. The van der Waals surface area contributed by atoms with Crippen molar-refractivity contribution < 1.29 is 13.2 Å². The Hall–Kier alpha value is -2.44. The van der Waals surface area contributed by atoms with Crippen LogP contribution in [0.5, 0.6) is 0 Å². The molecule has 0 aromatic heterocycles. The molecule has 0 saturated carbocycles. The third-order valence-electron chi connectivity index (χ3n) is 4.31. The Morgan fingerprint density at radius 1 is 1.04 bits per heavy atom. The average molecular weight is 387 g/mol. The van der Waals surface area contributed by atoms with Gasteiger partial charge in [0.15, 0.2) is 0 Å². The first-order valence-corrected chi connectivity index (χ1v) is 10.5. The highest BCUT2D eigenvalue weighted by Crippen LogP contribution is 2.19. The van der Waals surface area contributed by atoms with Crippen molar-refractivity contribution in [3.05, 3.63) is 71.8 Å². The van der Waals surface area contributed by atoms with E-state index >= 15 is 0 Å². The highest BCUT2D eigenvalue weighted by molar-refractivity contribution is 7.89. The summed E-state index contributed by atoms with van der Waals surface area (Å²) in [6.45, 7) is 6.36. The number of amides is 1. The molecule has 0 aliphatic carbocycles. The number of hydrogen-bond donors (Lipinski definition) is 1. The maximum absolute atomic E-state index is 12.5. The lowest BCUT2D eigenvalue weighted by Gasteiger charge is -2.19. The third-order valence-corrected chi connectivity index (χ3v) is 6.37. The third kappa shape index (κ3) is 5.52. The fraction of sp³-hybridized carbons (Fsp3) is 0.286. The van der Waals surface area contributed by atoms with E-state index < -0.39 is 10.0 Å². The van der Waals surface area contributed by atoms with Gasteiger partial charge in [-0.15, -0.1) is 0 Å². The molecular formula is C21H26N2O3S. The minimum Gasteiger partial charge on any atom is -0.346 e. The molecule has 0 fully saturated rings. The summed E-state index contributed by atoms with van der Waals surface area (Å²) in [7, 11) is -3.47. The van der Waals surface area contributed by atoms with Crippen LogP contribution >= 0.6 is 0 Å². The van der Waals surface area contributed by atoms with E-state index in [0.29, 0.717) is 13.1 Å². The van der Waals surface area contributed by atoms with Crippen molar-refractivity contribution in [2.45, 2.75) is 31.7 Å². The second-order valence-corrected chi connectivity index (χ2v) is 8.07. The van der Waals surface area contributed by atoms with E-state index in [1.54, 1.807) is 30.3 Å². The van der Waals surface area contributed by atoms with Crippen molar-refractivity contribution in [3.63, 3.8) is 0 Å². The number of sulfonamides is 1. The number of carbonyl (C=O) groups is 1. The van der Waals surface area contributed by atoms with Crippen LogP contribution in [0.25, 0.3) is 6.08 Å². The maximum Gasteiger partial charge on any atom is 0.244 e. The van der Waals surface area contributed by atoms with E-state index in [4.69, 9.17) is 0 Å². The molecule has 1 N–H and O–H groups in total. The molecule has 0 saturated heterocycles. The molecule has 1 atom stereocenters. The minimum atomic E-state index is -3.47. The Balaban J connectivity index is 2.04. The van der Waals surface area contributed by atoms with Crippen molar-refractivity contribution in [2.75, 3.05) is 13.1 Å². The van der Waals surface area contributed by atoms with E-state index in [1.807, 2.05) is 51.1 Å². The molecule has 144 valence electrons. The first-order valence-electron chi connectivity index (χ1n) is 9.02. The first-order chi connectivity index (χ1) is 12.9. The summed E-state index contributed by atoms with van der Waals surface area (Å²) in [5.41, 5.74) is 1.79. The predicted molar refractivity (Wildman–Crippen MR) is 109 cm³/mol. The number of carbonyl (C=O) groups excluding carboxylic acids is 1. The lowest BCUT2D eigenvalue weighted by molar-refractivity contribution is -0.117. The van der Waals surface area contributed by atoms with Crippen LogP contribution in [0.2, 0.25) is 0 Å². The molecule has 1 unspecified atom stereocenters. The molecule has 0 spiro atoms. The minimum absolute atomic E-state index is 0.203. The molecule has 27 heavy (non-hydrogen) atoms. The number of nitrogens with zero attached hydrogens (tertiary/aromatic N) is 1. The van der Waals surface area contributed by atoms with Gasteiger partial charge in [0.25, 0.3) is 0 Å². The fourth-order valence-electron chi connectivity index (χ4n) is 2.72. The van der Waals surface area contributed by atoms with Gasteiger partial charge in [-0.05, 0) is 36.3 Å². The molecule has 6 heteroatoms. The molecule has 5 nitrogen and oxygen atoms in total. The monoisotopic (exact) mass is 386 g/mol. The van der Waals surface area contributed by atoms with Crippen molar-refractivity contribution >= 4 is 22.0 Å². The SMILES string of the molecule is CCN(CC)S(=O)(=O)c1ccc(C(C)NC(=O)/C=C/c2ccccc2)cc1. The second-order valence-electron chi connectivity index (χ2n) is 6.13. The van der Waals surface area contributed by atoms with E-state index in [9.17, 15) is 13.2 Å². The first kappa shape index (κ1) is 20.9. The van der Waals surface area contributed by atoms with E-state index in [-0.39, 0.29) is 16.8 Å². The summed E-state index contributed by atoms with van der Waals surface area (Å²) >= 11 is 0. The quantitative estimate of drug-likeness (QED) is 0.705. The number of rotatable bonds is 8. The van der Waals surface area contributed by atoms with Crippen LogP contribution < -0.4 is 5.32 Å². The molecule has 2 aromatic rings. The zero-order valence-electron chi connectivity index (χ0n) is 15.9. The topological polar surface area (TPSA) is 66.5 Å². The van der Waals surface area contributed by atoms with Gasteiger partial charge in [0.2, 0.25) is 15.9 Å². The van der Waals surface area contributed by atoms with Crippen molar-refractivity contribution in [1.82, 2.24) is 9.62 Å². The predicted octanol–water partition coefficient (Wildman–Crippen LogP) is 3.61. The average Bonchev–Trinajstić information content (AvgIpc) is 2.68. The van der Waals surface area contributed by atoms with E-state index in [1.165, 1.54) is 10.4 Å². The molecule has 0 aliphatic heterocycles. The highest BCUT2D eigenvalue weighted by atomic mass is 32.2. The van der Waals surface area contributed by atoms with Gasteiger partial charge in [-0.3, -0.25) is 4.79 Å². The van der Waals surface area contributed by atoms with Gasteiger partial charge in [-0.2, -0.15) is 4.31 Å². The van der Waals surface area contributed by atoms with Crippen LogP contribution in [-0.4, -0.2) is 31.7 Å². The smallest absolute Gasteiger partial charge is 0.244 e. The summed E-state index contributed by atoms with van der Waals surface area (Å²) in [5, 5.41) is 2.88. The Kier molecular flexibility index (Phi) is 7.33. The largest absolute Gasteiger partial charge is 0.346 e. The normalized spacial score (nSPS) is 13.0. The van der Waals surface area contributed by atoms with Gasteiger partial charge in [-0.1, -0.05) is 56.3 Å². The van der Waals surface area contributed by atoms with E-state index in [0.717, 1.165) is 11.1 Å². The van der Waals surface area contributed by atoms with Gasteiger partial charge in [0.05, 0.1) is 10.9 Å². The molecule has 0 aliphatic rings. The van der Waals surface area contributed by atoms with Crippen LogP contribution in [0.3, 0.4) is 0 Å². The Morgan fingerprint density at radius 3 is 2.19 bits per heavy atom. The van der Waals surface area contributed by atoms with Crippen molar-refractivity contribution in [1.29, 1.82) is 0 Å². The molecular weight excluding hydrogens is 360 g/mol. The summed E-state index contributed by atoms with van der Waals surface area (Å²) in [6, 6.07) is 16.0. The summed E-state index contributed by atoms with van der Waals surface area (Å²) in [6.07, 6.45) is 3.24. The van der Waals surface area contributed by atoms with Crippen LogP contribution in [0.1, 0.15) is 37.9 Å². The van der Waals surface area contributed by atoms with Crippen molar-refractivity contribution in [2.24, 2.45) is 0 Å². The van der Waals surface area contributed by atoms with Gasteiger partial charge in [0, 0.05) is 19.2 Å². The molecule has 0 bridgehead atoms. The summed E-state index contributed by atoms with van der Waals surface area (Å²) in [4.78, 5) is 12.4.